The lowest BCUT2D eigenvalue weighted by atomic mass is 9.80. The van der Waals surface area contributed by atoms with Crippen molar-refractivity contribution in [1.82, 2.24) is 0 Å². The predicted molar refractivity (Wildman–Crippen MR) is 58.2 cm³/mol. The smallest absolute Gasteiger partial charge is 0.488 e. The lowest BCUT2D eigenvalue weighted by molar-refractivity contribution is 0.0919. The standard InChI is InChI=1S/C10H14BFO4/c1-7(6-15-2)16-8-3-4-9(11(13)14)10(12)5-8/h3-5,7,13-14H,6H2,1-2H3. The summed E-state index contributed by atoms with van der Waals surface area (Å²) in [5.74, 6) is -0.386. The van der Waals surface area contributed by atoms with Crippen molar-refractivity contribution in [2.75, 3.05) is 13.7 Å². The minimum atomic E-state index is -1.81. The molecule has 0 aromatic heterocycles. The van der Waals surface area contributed by atoms with Crippen molar-refractivity contribution in [2.24, 2.45) is 0 Å². The molecule has 1 atom stereocenters. The number of halogens is 1. The Bertz CT molecular complexity index is 346. The molecule has 1 rings (SSSR count). The van der Waals surface area contributed by atoms with Crippen LogP contribution in [0.15, 0.2) is 18.2 Å². The number of hydrogen-bond donors (Lipinski definition) is 2. The third-order valence-electron chi connectivity index (χ3n) is 1.99. The lowest BCUT2D eigenvalue weighted by Crippen LogP contribution is -2.32. The highest BCUT2D eigenvalue weighted by Gasteiger charge is 2.17. The van der Waals surface area contributed by atoms with E-state index in [2.05, 4.69) is 0 Å². The molecule has 1 unspecified atom stereocenters. The lowest BCUT2D eigenvalue weighted by Gasteiger charge is -2.14. The van der Waals surface area contributed by atoms with Gasteiger partial charge in [-0.3, -0.25) is 0 Å². The Hall–Kier alpha value is -1.11. The van der Waals surface area contributed by atoms with Crippen LogP contribution in [0.25, 0.3) is 0 Å². The first kappa shape index (κ1) is 13.0. The maximum Gasteiger partial charge on any atom is 0.491 e. The normalized spacial score (nSPS) is 12.3. The van der Waals surface area contributed by atoms with E-state index in [0.29, 0.717) is 12.4 Å². The summed E-state index contributed by atoms with van der Waals surface area (Å²) in [6, 6.07) is 3.86. The molecule has 0 radical (unpaired) electrons. The molecule has 0 aliphatic heterocycles. The molecule has 0 saturated heterocycles. The third kappa shape index (κ3) is 3.48. The van der Waals surface area contributed by atoms with E-state index >= 15 is 0 Å². The van der Waals surface area contributed by atoms with Gasteiger partial charge in [-0.15, -0.1) is 0 Å². The third-order valence-corrected chi connectivity index (χ3v) is 1.99. The van der Waals surface area contributed by atoms with Gasteiger partial charge in [-0.2, -0.15) is 0 Å². The highest BCUT2D eigenvalue weighted by atomic mass is 19.1. The fourth-order valence-electron chi connectivity index (χ4n) is 1.29. The minimum Gasteiger partial charge on any atom is -0.488 e. The summed E-state index contributed by atoms with van der Waals surface area (Å²) in [4.78, 5) is 0. The molecule has 0 aliphatic carbocycles. The van der Waals surface area contributed by atoms with Gasteiger partial charge >= 0.3 is 7.12 Å². The van der Waals surface area contributed by atoms with Crippen molar-refractivity contribution in [3.8, 4) is 5.75 Å². The first-order valence-electron chi connectivity index (χ1n) is 4.85. The van der Waals surface area contributed by atoms with E-state index in [-0.39, 0.29) is 11.6 Å². The molecular weight excluding hydrogens is 214 g/mol. The molecule has 4 nitrogen and oxygen atoms in total. The number of benzene rings is 1. The van der Waals surface area contributed by atoms with E-state index in [1.807, 2.05) is 0 Å². The van der Waals surface area contributed by atoms with Crippen LogP contribution in [0.1, 0.15) is 6.92 Å². The van der Waals surface area contributed by atoms with Crippen LogP contribution in [0, 0.1) is 5.82 Å². The number of methoxy groups -OCH3 is 1. The van der Waals surface area contributed by atoms with Gasteiger partial charge in [-0.25, -0.2) is 4.39 Å². The fourth-order valence-corrected chi connectivity index (χ4v) is 1.29. The molecule has 0 bridgehead atoms. The van der Waals surface area contributed by atoms with Crippen LogP contribution in [0.5, 0.6) is 5.75 Å². The zero-order valence-electron chi connectivity index (χ0n) is 9.18. The van der Waals surface area contributed by atoms with E-state index in [0.717, 1.165) is 6.07 Å². The maximum absolute atomic E-state index is 13.3. The summed E-state index contributed by atoms with van der Waals surface area (Å²) in [5.41, 5.74) is -0.174. The number of ether oxygens (including phenoxy) is 2. The summed E-state index contributed by atoms with van der Waals surface area (Å²) >= 11 is 0. The zero-order valence-corrected chi connectivity index (χ0v) is 9.18. The van der Waals surface area contributed by atoms with Gasteiger partial charge < -0.3 is 19.5 Å². The monoisotopic (exact) mass is 228 g/mol. The van der Waals surface area contributed by atoms with Gasteiger partial charge in [-0.05, 0) is 13.0 Å². The van der Waals surface area contributed by atoms with Gasteiger partial charge in [-0.1, -0.05) is 6.07 Å². The van der Waals surface area contributed by atoms with Gasteiger partial charge in [0.15, 0.2) is 0 Å². The second-order valence-corrected chi connectivity index (χ2v) is 3.44. The van der Waals surface area contributed by atoms with Crippen LogP contribution >= 0.6 is 0 Å². The van der Waals surface area contributed by atoms with Crippen molar-refractivity contribution in [1.29, 1.82) is 0 Å². The Morgan fingerprint density at radius 2 is 2.12 bits per heavy atom. The molecule has 0 aliphatic rings. The summed E-state index contributed by atoms with van der Waals surface area (Å²) in [5, 5.41) is 17.6. The largest absolute Gasteiger partial charge is 0.491 e. The highest BCUT2D eigenvalue weighted by molar-refractivity contribution is 6.58. The second-order valence-electron chi connectivity index (χ2n) is 3.44. The second kappa shape index (κ2) is 5.84. The quantitative estimate of drug-likeness (QED) is 0.692. The van der Waals surface area contributed by atoms with Crippen molar-refractivity contribution in [2.45, 2.75) is 13.0 Å². The topological polar surface area (TPSA) is 58.9 Å². The molecule has 6 heteroatoms. The van der Waals surface area contributed by atoms with Crippen LogP contribution < -0.4 is 10.2 Å². The predicted octanol–water partition coefficient (Wildman–Crippen LogP) is -0.0808. The Morgan fingerprint density at radius 3 is 2.62 bits per heavy atom. The molecule has 1 aromatic rings. The van der Waals surface area contributed by atoms with E-state index < -0.39 is 12.9 Å². The molecular formula is C10H14BFO4. The van der Waals surface area contributed by atoms with E-state index in [9.17, 15) is 4.39 Å². The summed E-state index contributed by atoms with van der Waals surface area (Å²) in [6.45, 7) is 2.18. The average Bonchev–Trinajstić information content (AvgIpc) is 2.17. The Morgan fingerprint density at radius 1 is 1.44 bits per heavy atom. The number of hydrogen-bond acceptors (Lipinski definition) is 4. The SMILES string of the molecule is COCC(C)Oc1ccc(B(O)O)c(F)c1. The van der Waals surface area contributed by atoms with Crippen LogP contribution in [-0.2, 0) is 4.74 Å². The Balaban J connectivity index is 2.73. The fraction of sp³-hybridized carbons (Fsp3) is 0.400. The number of rotatable bonds is 5. The van der Waals surface area contributed by atoms with Crippen LogP contribution in [0.2, 0.25) is 0 Å². The Kier molecular flexibility index (Phi) is 4.73. The molecule has 0 heterocycles. The maximum atomic E-state index is 13.3. The van der Waals surface area contributed by atoms with E-state index in [1.54, 1.807) is 14.0 Å². The summed E-state index contributed by atoms with van der Waals surface area (Å²) < 4.78 is 23.5. The Labute approximate surface area is 93.8 Å². The van der Waals surface area contributed by atoms with E-state index in [1.165, 1.54) is 12.1 Å². The van der Waals surface area contributed by atoms with Crippen molar-refractivity contribution < 1.29 is 23.9 Å². The van der Waals surface area contributed by atoms with Gasteiger partial charge in [0.05, 0.1) is 6.61 Å². The van der Waals surface area contributed by atoms with E-state index in [4.69, 9.17) is 19.5 Å². The van der Waals surface area contributed by atoms with Crippen LogP contribution in [-0.4, -0.2) is 37.0 Å². The molecule has 16 heavy (non-hydrogen) atoms. The minimum absolute atomic E-state index is 0.174. The van der Waals surface area contributed by atoms with Crippen molar-refractivity contribution >= 4 is 12.6 Å². The molecule has 0 saturated carbocycles. The van der Waals surface area contributed by atoms with Gasteiger partial charge in [0.2, 0.25) is 0 Å². The van der Waals surface area contributed by atoms with Crippen molar-refractivity contribution in [3.63, 3.8) is 0 Å². The van der Waals surface area contributed by atoms with Crippen molar-refractivity contribution in [3.05, 3.63) is 24.0 Å². The summed E-state index contributed by atoms with van der Waals surface area (Å²) in [7, 11) is -0.267. The van der Waals surface area contributed by atoms with Gasteiger partial charge in [0.1, 0.15) is 17.7 Å². The first-order valence-corrected chi connectivity index (χ1v) is 4.85. The van der Waals surface area contributed by atoms with Gasteiger partial charge in [0.25, 0.3) is 0 Å². The highest BCUT2D eigenvalue weighted by Crippen LogP contribution is 2.13. The van der Waals surface area contributed by atoms with Crippen LogP contribution in [0.3, 0.4) is 0 Å². The zero-order chi connectivity index (χ0) is 12.1. The molecule has 0 fully saturated rings. The average molecular weight is 228 g/mol. The molecule has 1 aromatic carbocycles. The molecule has 0 amide bonds. The summed E-state index contributed by atoms with van der Waals surface area (Å²) in [6.07, 6.45) is -0.200. The van der Waals surface area contributed by atoms with Crippen LogP contribution in [0.4, 0.5) is 4.39 Å². The first-order chi connectivity index (χ1) is 7.54. The molecule has 2 N–H and O–H groups in total. The molecule has 88 valence electrons. The van der Waals surface area contributed by atoms with Gasteiger partial charge in [0, 0.05) is 18.6 Å². The molecule has 0 spiro atoms.